The van der Waals surface area contributed by atoms with E-state index in [4.69, 9.17) is 13.3 Å². The Morgan fingerprint density at radius 3 is 1.76 bits per heavy atom. The molecule has 0 bridgehead atoms. The molecule has 4 heteroatoms. The lowest BCUT2D eigenvalue weighted by Crippen LogP contribution is -2.49. The summed E-state index contributed by atoms with van der Waals surface area (Å²) in [5, 5.41) is 0. The molecule has 0 spiro atoms. The molecule has 0 saturated heterocycles. The van der Waals surface area contributed by atoms with Crippen LogP contribution in [0.5, 0.6) is 0 Å². The molecule has 3 nitrogen and oxygen atoms in total. The van der Waals surface area contributed by atoms with Crippen LogP contribution in [0.1, 0.15) is 48.0 Å². The van der Waals surface area contributed by atoms with Gasteiger partial charge in [0.2, 0.25) is 0 Å². The van der Waals surface area contributed by atoms with Gasteiger partial charge in [-0.1, -0.05) is 18.6 Å². The van der Waals surface area contributed by atoms with E-state index in [2.05, 4.69) is 26.8 Å². The molecule has 0 aromatic heterocycles. The third kappa shape index (κ3) is 5.34. The highest BCUT2D eigenvalue weighted by Gasteiger charge is 2.46. The Labute approximate surface area is 108 Å². The summed E-state index contributed by atoms with van der Waals surface area (Å²) >= 11 is 0. The Kier molecular flexibility index (Phi) is 8.77. The smallest absolute Gasteiger partial charge is 0.374 e. The third-order valence-electron chi connectivity index (χ3n) is 2.76. The SMILES string of the molecule is C/C=C(\C)CC(C)[Si](OCC)(OCC)OCC. The van der Waals surface area contributed by atoms with Gasteiger partial charge in [0, 0.05) is 25.4 Å². The minimum Gasteiger partial charge on any atom is -0.374 e. The summed E-state index contributed by atoms with van der Waals surface area (Å²) in [7, 11) is -2.52. The minimum absolute atomic E-state index is 0.304. The number of rotatable bonds is 9. The summed E-state index contributed by atoms with van der Waals surface area (Å²) in [6.45, 7) is 14.3. The van der Waals surface area contributed by atoms with E-state index in [-0.39, 0.29) is 0 Å². The summed E-state index contributed by atoms with van der Waals surface area (Å²) in [6, 6.07) is 0. The summed E-state index contributed by atoms with van der Waals surface area (Å²) < 4.78 is 17.7. The van der Waals surface area contributed by atoms with E-state index in [0.29, 0.717) is 25.4 Å². The van der Waals surface area contributed by atoms with Gasteiger partial charge in [-0.2, -0.15) is 0 Å². The van der Waals surface area contributed by atoms with Crippen molar-refractivity contribution in [1.82, 2.24) is 0 Å². The van der Waals surface area contributed by atoms with Crippen molar-refractivity contribution >= 4 is 8.80 Å². The minimum atomic E-state index is -2.52. The molecular weight excluding hydrogens is 232 g/mol. The average molecular weight is 260 g/mol. The van der Waals surface area contributed by atoms with Crippen LogP contribution < -0.4 is 0 Å². The van der Waals surface area contributed by atoms with Crippen molar-refractivity contribution in [3.05, 3.63) is 11.6 Å². The molecule has 0 fully saturated rings. The molecule has 0 aromatic rings. The molecule has 0 saturated carbocycles. The van der Waals surface area contributed by atoms with Crippen LogP contribution in [0, 0.1) is 0 Å². The molecule has 0 rings (SSSR count). The standard InChI is InChI=1S/C13H28O3Si/c1-7-12(5)11-13(6)17(14-8-2,15-9-3)16-10-4/h7,13H,8-11H2,1-6H3/b12-7+. The molecule has 0 heterocycles. The van der Waals surface area contributed by atoms with Crippen LogP contribution in [0.2, 0.25) is 5.54 Å². The van der Waals surface area contributed by atoms with Gasteiger partial charge in [0.25, 0.3) is 0 Å². The van der Waals surface area contributed by atoms with E-state index in [0.717, 1.165) is 6.42 Å². The van der Waals surface area contributed by atoms with Crippen LogP contribution in [-0.4, -0.2) is 28.6 Å². The zero-order chi connectivity index (χ0) is 13.3. The van der Waals surface area contributed by atoms with E-state index < -0.39 is 8.80 Å². The van der Waals surface area contributed by atoms with E-state index in [9.17, 15) is 0 Å². The van der Waals surface area contributed by atoms with Crippen LogP contribution in [0.15, 0.2) is 11.6 Å². The van der Waals surface area contributed by atoms with E-state index in [1.54, 1.807) is 0 Å². The second kappa shape index (κ2) is 8.86. The number of hydrogen-bond donors (Lipinski definition) is 0. The Morgan fingerprint density at radius 2 is 1.47 bits per heavy atom. The topological polar surface area (TPSA) is 27.7 Å². The van der Waals surface area contributed by atoms with Gasteiger partial charge in [-0.15, -0.1) is 0 Å². The Morgan fingerprint density at radius 1 is 1.06 bits per heavy atom. The van der Waals surface area contributed by atoms with Crippen molar-refractivity contribution in [2.24, 2.45) is 0 Å². The Hall–Kier alpha value is -0.163. The van der Waals surface area contributed by atoms with E-state index in [1.165, 1.54) is 5.57 Å². The lowest BCUT2D eigenvalue weighted by atomic mass is 10.2. The molecule has 0 aliphatic carbocycles. The first kappa shape index (κ1) is 16.8. The molecule has 0 N–H and O–H groups in total. The van der Waals surface area contributed by atoms with Crippen molar-refractivity contribution in [2.75, 3.05) is 19.8 Å². The predicted molar refractivity (Wildman–Crippen MR) is 74.1 cm³/mol. The first-order valence-electron chi connectivity index (χ1n) is 6.59. The molecular formula is C13H28O3Si. The molecule has 0 aromatic carbocycles. The summed E-state index contributed by atoms with van der Waals surface area (Å²) in [5.74, 6) is 0. The molecule has 17 heavy (non-hydrogen) atoms. The summed E-state index contributed by atoms with van der Waals surface area (Å²) in [4.78, 5) is 0. The fourth-order valence-corrected chi connectivity index (χ4v) is 4.76. The zero-order valence-corrected chi connectivity index (χ0v) is 13.2. The molecule has 102 valence electrons. The third-order valence-corrected chi connectivity index (χ3v) is 6.25. The van der Waals surface area contributed by atoms with Crippen molar-refractivity contribution in [3.8, 4) is 0 Å². The highest BCUT2D eigenvalue weighted by atomic mass is 28.4. The molecule has 0 aliphatic rings. The fraction of sp³-hybridized carbons (Fsp3) is 0.846. The molecule has 0 amide bonds. The second-order valence-corrected chi connectivity index (χ2v) is 7.20. The maximum absolute atomic E-state index is 5.88. The summed E-state index contributed by atoms with van der Waals surface area (Å²) in [5.41, 5.74) is 1.66. The normalized spacial score (nSPS) is 15.1. The number of allylic oxidation sites excluding steroid dienone is 2. The van der Waals surface area contributed by atoms with Gasteiger partial charge < -0.3 is 13.3 Å². The number of hydrogen-bond acceptors (Lipinski definition) is 3. The lowest BCUT2D eigenvalue weighted by molar-refractivity contribution is 0.0624. The van der Waals surface area contributed by atoms with Crippen LogP contribution in [0.25, 0.3) is 0 Å². The zero-order valence-electron chi connectivity index (χ0n) is 12.2. The predicted octanol–water partition coefficient (Wildman–Crippen LogP) is 3.78. The molecule has 0 aliphatic heterocycles. The lowest BCUT2D eigenvalue weighted by Gasteiger charge is -2.33. The quantitative estimate of drug-likeness (QED) is 0.466. The van der Waals surface area contributed by atoms with E-state index >= 15 is 0 Å². The van der Waals surface area contributed by atoms with Crippen molar-refractivity contribution < 1.29 is 13.3 Å². The second-order valence-electron chi connectivity index (χ2n) is 4.14. The van der Waals surface area contributed by atoms with Gasteiger partial charge in [-0.05, 0) is 41.0 Å². The van der Waals surface area contributed by atoms with Gasteiger partial charge >= 0.3 is 8.80 Å². The maximum Gasteiger partial charge on any atom is 0.504 e. The van der Waals surface area contributed by atoms with Gasteiger partial charge in [-0.25, -0.2) is 0 Å². The highest BCUT2D eigenvalue weighted by Crippen LogP contribution is 2.31. The van der Waals surface area contributed by atoms with Crippen LogP contribution in [-0.2, 0) is 13.3 Å². The fourth-order valence-electron chi connectivity index (χ4n) is 1.88. The maximum atomic E-state index is 5.88. The Bertz CT molecular complexity index is 212. The Balaban J connectivity index is 4.83. The van der Waals surface area contributed by atoms with Crippen LogP contribution in [0.3, 0.4) is 0 Å². The van der Waals surface area contributed by atoms with Crippen LogP contribution >= 0.6 is 0 Å². The van der Waals surface area contributed by atoms with Crippen molar-refractivity contribution in [1.29, 1.82) is 0 Å². The molecule has 1 unspecified atom stereocenters. The molecule has 0 radical (unpaired) electrons. The highest BCUT2D eigenvalue weighted by molar-refractivity contribution is 6.62. The van der Waals surface area contributed by atoms with Crippen molar-refractivity contribution in [3.63, 3.8) is 0 Å². The van der Waals surface area contributed by atoms with Gasteiger partial charge in [0.15, 0.2) is 0 Å². The molecule has 1 atom stereocenters. The summed E-state index contributed by atoms with van der Waals surface area (Å²) in [6.07, 6.45) is 3.11. The average Bonchev–Trinajstić information content (AvgIpc) is 2.29. The monoisotopic (exact) mass is 260 g/mol. The van der Waals surface area contributed by atoms with E-state index in [1.807, 2.05) is 20.8 Å². The first-order valence-corrected chi connectivity index (χ1v) is 8.40. The van der Waals surface area contributed by atoms with Crippen LogP contribution in [0.4, 0.5) is 0 Å². The van der Waals surface area contributed by atoms with Gasteiger partial charge in [0.05, 0.1) is 0 Å². The van der Waals surface area contributed by atoms with Crippen molar-refractivity contribution in [2.45, 2.75) is 53.5 Å². The van der Waals surface area contributed by atoms with Gasteiger partial charge in [-0.3, -0.25) is 0 Å². The largest absolute Gasteiger partial charge is 0.504 e. The first-order chi connectivity index (χ1) is 8.06. The van der Waals surface area contributed by atoms with Gasteiger partial charge in [0.1, 0.15) is 0 Å².